The van der Waals surface area contributed by atoms with Crippen LogP contribution in [0.5, 0.6) is 5.75 Å². The third-order valence-corrected chi connectivity index (χ3v) is 2.31. The molecule has 0 aromatic heterocycles. The number of nitrogens with zero attached hydrogens (tertiary/aromatic N) is 1. The largest absolute Gasteiger partial charge is 0.507 e. The molecule has 0 heterocycles. The fourth-order valence-electron chi connectivity index (χ4n) is 1.25. The molecule has 0 unspecified atom stereocenters. The van der Waals surface area contributed by atoms with E-state index in [0.29, 0.717) is 0 Å². The maximum atomic E-state index is 11.5. The maximum Gasteiger partial charge on any atom is 0.342 e. The average molecular weight is 260 g/mol. The van der Waals surface area contributed by atoms with Crippen molar-refractivity contribution < 1.29 is 19.6 Å². The summed E-state index contributed by atoms with van der Waals surface area (Å²) in [6, 6.07) is 2.08. The van der Waals surface area contributed by atoms with Crippen molar-refractivity contribution in [3.63, 3.8) is 0 Å². The SMILES string of the molecule is CCOC(=O)c1cc([N+](=O)[O-])cc(CCl)c1O. The van der Waals surface area contributed by atoms with Gasteiger partial charge in [0, 0.05) is 17.7 Å². The quantitative estimate of drug-likeness (QED) is 0.387. The number of hydrogen-bond donors (Lipinski definition) is 1. The second-order valence-corrected chi connectivity index (χ2v) is 3.38. The van der Waals surface area contributed by atoms with E-state index in [1.54, 1.807) is 6.92 Å². The molecule has 1 N–H and O–H groups in total. The van der Waals surface area contributed by atoms with Crippen LogP contribution < -0.4 is 0 Å². The van der Waals surface area contributed by atoms with Crippen LogP contribution in [0.2, 0.25) is 0 Å². The van der Waals surface area contributed by atoms with Gasteiger partial charge in [0.25, 0.3) is 5.69 Å². The van der Waals surface area contributed by atoms with Gasteiger partial charge in [-0.25, -0.2) is 4.79 Å². The van der Waals surface area contributed by atoms with Crippen molar-refractivity contribution in [3.8, 4) is 5.75 Å². The minimum Gasteiger partial charge on any atom is -0.507 e. The molecule has 0 aliphatic carbocycles. The third kappa shape index (κ3) is 2.85. The highest BCUT2D eigenvalue weighted by atomic mass is 35.5. The summed E-state index contributed by atoms with van der Waals surface area (Å²) in [5.74, 6) is -1.34. The van der Waals surface area contributed by atoms with E-state index >= 15 is 0 Å². The lowest BCUT2D eigenvalue weighted by Gasteiger charge is -2.07. The van der Waals surface area contributed by atoms with Crippen LogP contribution in [-0.2, 0) is 10.6 Å². The lowest BCUT2D eigenvalue weighted by Crippen LogP contribution is -2.06. The predicted molar refractivity (Wildman–Crippen MR) is 60.3 cm³/mol. The van der Waals surface area contributed by atoms with Gasteiger partial charge in [-0.1, -0.05) is 0 Å². The van der Waals surface area contributed by atoms with Crippen LogP contribution in [0.25, 0.3) is 0 Å². The minimum absolute atomic E-state index is 0.108. The van der Waals surface area contributed by atoms with Crippen molar-refractivity contribution in [1.82, 2.24) is 0 Å². The minimum atomic E-state index is -0.819. The zero-order chi connectivity index (χ0) is 13.0. The fourth-order valence-corrected chi connectivity index (χ4v) is 1.45. The molecule has 0 radical (unpaired) electrons. The molecule has 0 atom stereocenters. The smallest absolute Gasteiger partial charge is 0.342 e. The summed E-state index contributed by atoms with van der Waals surface area (Å²) in [4.78, 5) is 21.4. The molecule has 6 nitrogen and oxygen atoms in total. The molecule has 0 aliphatic heterocycles. The average Bonchev–Trinajstić information content (AvgIpc) is 2.29. The van der Waals surface area contributed by atoms with E-state index in [2.05, 4.69) is 4.74 Å². The molecule has 1 aromatic carbocycles. The molecular formula is C10H10ClNO5. The van der Waals surface area contributed by atoms with E-state index in [1.807, 2.05) is 0 Å². The van der Waals surface area contributed by atoms with Crippen molar-refractivity contribution in [3.05, 3.63) is 33.4 Å². The number of esters is 1. The molecule has 17 heavy (non-hydrogen) atoms. The van der Waals surface area contributed by atoms with Crippen LogP contribution in [-0.4, -0.2) is 22.6 Å². The number of hydrogen-bond acceptors (Lipinski definition) is 5. The first kappa shape index (κ1) is 13.2. The van der Waals surface area contributed by atoms with Gasteiger partial charge in [0.2, 0.25) is 0 Å². The van der Waals surface area contributed by atoms with Gasteiger partial charge < -0.3 is 9.84 Å². The topological polar surface area (TPSA) is 89.7 Å². The van der Waals surface area contributed by atoms with Crippen LogP contribution in [0, 0.1) is 10.1 Å². The number of alkyl halides is 1. The van der Waals surface area contributed by atoms with E-state index in [4.69, 9.17) is 11.6 Å². The lowest BCUT2D eigenvalue weighted by atomic mass is 10.1. The molecule has 0 bridgehead atoms. The standard InChI is InChI=1S/C10H10ClNO5/c1-2-17-10(14)8-4-7(12(15)16)3-6(5-11)9(8)13/h3-4,13H,2,5H2,1H3. The van der Waals surface area contributed by atoms with Crippen molar-refractivity contribution in [2.75, 3.05) is 6.61 Å². The number of nitro benzene ring substituents is 1. The Labute approximate surface area is 102 Å². The normalized spacial score (nSPS) is 10.0. The Morgan fingerprint density at radius 3 is 2.71 bits per heavy atom. The molecular weight excluding hydrogens is 250 g/mol. The number of benzene rings is 1. The first-order valence-electron chi connectivity index (χ1n) is 4.74. The number of phenols is 1. The molecule has 0 aliphatic rings. The Bertz CT molecular complexity index is 460. The highest BCUT2D eigenvalue weighted by molar-refractivity contribution is 6.17. The molecule has 0 saturated heterocycles. The Hall–Kier alpha value is -1.82. The number of rotatable bonds is 4. The number of carbonyl (C=O) groups excluding carboxylic acids is 1. The summed E-state index contributed by atoms with van der Waals surface area (Å²) in [6.45, 7) is 1.70. The first-order chi connectivity index (χ1) is 8.01. The number of ether oxygens (including phenoxy) is 1. The molecule has 0 amide bonds. The number of carbonyl (C=O) groups is 1. The Morgan fingerprint density at radius 2 is 2.24 bits per heavy atom. The molecule has 0 spiro atoms. The van der Waals surface area contributed by atoms with Crippen LogP contribution in [0.3, 0.4) is 0 Å². The third-order valence-electron chi connectivity index (χ3n) is 2.02. The van der Waals surface area contributed by atoms with Gasteiger partial charge in [-0.2, -0.15) is 0 Å². The summed E-state index contributed by atoms with van der Waals surface area (Å²) in [7, 11) is 0. The zero-order valence-corrected chi connectivity index (χ0v) is 9.73. The molecule has 7 heteroatoms. The van der Waals surface area contributed by atoms with Crippen molar-refractivity contribution in [1.29, 1.82) is 0 Å². The number of nitro groups is 1. The molecule has 0 fully saturated rings. The van der Waals surface area contributed by atoms with E-state index in [-0.39, 0.29) is 35.1 Å². The maximum absolute atomic E-state index is 11.5. The fraction of sp³-hybridized carbons (Fsp3) is 0.300. The van der Waals surface area contributed by atoms with Gasteiger partial charge in [-0.3, -0.25) is 10.1 Å². The van der Waals surface area contributed by atoms with Gasteiger partial charge in [-0.15, -0.1) is 11.6 Å². The van der Waals surface area contributed by atoms with Crippen LogP contribution >= 0.6 is 11.6 Å². The Kier molecular flexibility index (Phi) is 4.28. The summed E-state index contributed by atoms with van der Waals surface area (Å²) in [5, 5.41) is 20.3. The van der Waals surface area contributed by atoms with Crippen molar-refractivity contribution in [2.45, 2.75) is 12.8 Å². The van der Waals surface area contributed by atoms with E-state index < -0.39 is 10.9 Å². The molecule has 0 saturated carbocycles. The highest BCUT2D eigenvalue weighted by Crippen LogP contribution is 2.30. The van der Waals surface area contributed by atoms with Crippen LogP contribution in [0.4, 0.5) is 5.69 Å². The van der Waals surface area contributed by atoms with Crippen molar-refractivity contribution in [2.24, 2.45) is 0 Å². The Morgan fingerprint density at radius 1 is 1.59 bits per heavy atom. The number of phenolic OH excluding ortho intramolecular Hbond substituents is 1. The van der Waals surface area contributed by atoms with Gasteiger partial charge in [0.1, 0.15) is 11.3 Å². The number of halogens is 1. The number of aromatic hydroxyl groups is 1. The van der Waals surface area contributed by atoms with Gasteiger partial charge in [-0.05, 0) is 6.92 Å². The van der Waals surface area contributed by atoms with Gasteiger partial charge in [0.05, 0.1) is 17.4 Å². The molecule has 1 aromatic rings. The van der Waals surface area contributed by atoms with Gasteiger partial charge >= 0.3 is 5.97 Å². The molecule has 92 valence electrons. The van der Waals surface area contributed by atoms with E-state index in [9.17, 15) is 20.0 Å². The monoisotopic (exact) mass is 259 g/mol. The summed E-state index contributed by atoms with van der Waals surface area (Å²) < 4.78 is 4.68. The zero-order valence-electron chi connectivity index (χ0n) is 8.97. The Balaban J connectivity index is 3.32. The van der Waals surface area contributed by atoms with Crippen molar-refractivity contribution >= 4 is 23.3 Å². The highest BCUT2D eigenvalue weighted by Gasteiger charge is 2.21. The van der Waals surface area contributed by atoms with E-state index in [0.717, 1.165) is 12.1 Å². The van der Waals surface area contributed by atoms with Crippen LogP contribution in [0.1, 0.15) is 22.8 Å². The summed E-state index contributed by atoms with van der Waals surface area (Å²) in [5.41, 5.74) is -0.456. The molecule has 1 rings (SSSR count). The van der Waals surface area contributed by atoms with Crippen LogP contribution in [0.15, 0.2) is 12.1 Å². The second kappa shape index (κ2) is 5.49. The summed E-state index contributed by atoms with van der Waals surface area (Å²) >= 11 is 5.53. The lowest BCUT2D eigenvalue weighted by molar-refractivity contribution is -0.385. The second-order valence-electron chi connectivity index (χ2n) is 3.11. The predicted octanol–water partition coefficient (Wildman–Crippen LogP) is 2.22. The summed E-state index contributed by atoms with van der Waals surface area (Å²) in [6.07, 6.45) is 0. The van der Waals surface area contributed by atoms with E-state index in [1.165, 1.54) is 0 Å². The van der Waals surface area contributed by atoms with Gasteiger partial charge in [0.15, 0.2) is 0 Å². The number of non-ortho nitro benzene ring substituents is 1. The first-order valence-corrected chi connectivity index (χ1v) is 5.28.